The van der Waals surface area contributed by atoms with Gasteiger partial charge in [-0.3, -0.25) is 4.68 Å². The number of carbonyl (C=O) groups is 1. The molecular weight excluding hydrogens is 166 g/mol. The highest BCUT2D eigenvalue weighted by Gasteiger charge is 1.97. The molecule has 0 aliphatic rings. The fourth-order valence-corrected chi connectivity index (χ4v) is 1.27. The molecule has 3 N–H and O–H groups in total. The molecule has 0 spiro atoms. The van der Waals surface area contributed by atoms with Gasteiger partial charge >= 0.3 is 6.03 Å². The third kappa shape index (κ3) is 1.46. The molecule has 0 saturated carbocycles. The number of hydrogen-bond donors (Lipinski definition) is 2. The topological polar surface area (TPSA) is 60.1 Å². The maximum atomic E-state index is 10.5. The van der Waals surface area contributed by atoms with Gasteiger partial charge in [0.25, 0.3) is 0 Å². The van der Waals surface area contributed by atoms with E-state index in [-0.39, 0.29) is 0 Å². The molecule has 66 valence electrons. The van der Waals surface area contributed by atoms with Crippen LogP contribution in [0.4, 0.5) is 4.79 Å². The normalized spacial score (nSPS) is 10.2. The van der Waals surface area contributed by atoms with Crippen LogP contribution in [0, 0.1) is 0 Å². The second-order valence-corrected chi connectivity index (χ2v) is 2.77. The van der Waals surface area contributed by atoms with Crippen LogP contribution in [0.2, 0.25) is 0 Å². The van der Waals surface area contributed by atoms with Crippen molar-refractivity contribution in [2.75, 3.05) is 5.43 Å². The zero-order valence-corrected chi connectivity index (χ0v) is 6.90. The number of fused-ring (bicyclic) bond motifs is 1. The Kier molecular flexibility index (Phi) is 1.66. The number of hydrogen-bond acceptors (Lipinski definition) is 1. The van der Waals surface area contributed by atoms with E-state index in [1.54, 1.807) is 17.1 Å². The van der Waals surface area contributed by atoms with Crippen molar-refractivity contribution < 1.29 is 4.79 Å². The summed E-state index contributed by atoms with van der Waals surface area (Å²) in [6.45, 7) is 0. The predicted molar refractivity (Wildman–Crippen MR) is 50.9 cm³/mol. The number of rotatable bonds is 1. The number of urea groups is 1. The minimum atomic E-state index is -0.569. The number of benzene rings is 1. The van der Waals surface area contributed by atoms with Gasteiger partial charge in [0.1, 0.15) is 0 Å². The Morgan fingerprint density at radius 1 is 1.23 bits per heavy atom. The minimum absolute atomic E-state index is 0.569. The van der Waals surface area contributed by atoms with E-state index in [1.807, 2.05) is 24.3 Å². The summed E-state index contributed by atoms with van der Waals surface area (Å²) in [5.41, 5.74) is 7.43. The molecule has 4 heteroatoms. The van der Waals surface area contributed by atoms with E-state index < -0.39 is 6.03 Å². The van der Waals surface area contributed by atoms with Gasteiger partial charge in [-0.15, -0.1) is 0 Å². The molecule has 0 aliphatic heterocycles. The Bertz CT molecular complexity index is 414. The summed E-state index contributed by atoms with van der Waals surface area (Å²) in [7, 11) is 0. The van der Waals surface area contributed by atoms with E-state index in [9.17, 15) is 4.79 Å². The van der Waals surface area contributed by atoms with Crippen LogP contribution in [-0.4, -0.2) is 10.7 Å². The first-order valence-corrected chi connectivity index (χ1v) is 3.89. The van der Waals surface area contributed by atoms with E-state index in [0.29, 0.717) is 0 Å². The van der Waals surface area contributed by atoms with E-state index >= 15 is 0 Å². The number of amides is 2. The molecule has 1 heterocycles. The Morgan fingerprint density at radius 3 is 2.23 bits per heavy atom. The van der Waals surface area contributed by atoms with Crippen molar-refractivity contribution in [2.45, 2.75) is 0 Å². The Labute approximate surface area is 74.9 Å². The van der Waals surface area contributed by atoms with Crippen molar-refractivity contribution >= 4 is 16.8 Å². The zero-order valence-electron chi connectivity index (χ0n) is 6.90. The monoisotopic (exact) mass is 175 g/mol. The van der Waals surface area contributed by atoms with Crippen molar-refractivity contribution in [3.8, 4) is 0 Å². The zero-order chi connectivity index (χ0) is 9.26. The number of aromatic nitrogens is 1. The predicted octanol–water partition coefficient (Wildman–Crippen LogP) is 1.26. The molecule has 0 fully saturated rings. The number of nitrogens with two attached hydrogens (primary N) is 1. The van der Waals surface area contributed by atoms with E-state index in [0.717, 1.165) is 10.8 Å². The van der Waals surface area contributed by atoms with Gasteiger partial charge in [0.2, 0.25) is 0 Å². The molecule has 1 aromatic carbocycles. The molecule has 1 aromatic heterocycles. The third-order valence-electron chi connectivity index (χ3n) is 1.79. The van der Waals surface area contributed by atoms with Crippen molar-refractivity contribution in [2.24, 2.45) is 5.73 Å². The number of primary amides is 1. The molecule has 0 aliphatic carbocycles. The first-order chi connectivity index (χ1) is 6.25. The smallest absolute Gasteiger partial charge is 0.331 e. The van der Waals surface area contributed by atoms with Gasteiger partial charge in [0.05, 0.1) is 0 Å². The van der Waals surface area contributed by atoms with Gasteiger partial charge in [-0.1, -0.05) is 24.3 Å². The van der Waals surface area contributed by atoms with Gasteiger partial charge < -0.3 is 5.73 Å². The lowest BCUT2D eigenvalue weighted by Gasteiger charge is -1.99. The lowest BCUT2D eigenvalue weighted by atomic mass is 10.2. The average molecular weight is 175 g/mol. The Morgan fingerprint density at radius 2 is 1.77 bits per heavy atom. The fraction of sp³-hybridized carbons (Fsp3) is 0. The standard InChI is InChI=1S/C9H9N3O/c10-9(13)11-12-5-7-3-1-2-4-8(7)6-12/h1-6H,(H3,10,11,13). The molecule has 0 atom stereocenters. The van der Waals surface area contributed by atoms with Crippen molar-refractivity contribution in [1.82, 2.24) is 4.68 Å². The molecule has 0 radical (unpaired) electrons. The molecule has 4 nitrogen and oxygen atoms in total. The summed E-state index contributed by atoms with van der Waals surface area (Å²) in [6, 6.07) is 7.25. The van der Waals surface area contributed by atoms with Crippen LogP contribution in [0.3, 0.4) is 0 Å². The van der Waals surface area contributed by atoms with E-state index in [1.165, 1.54) is 0 Å². The average Bonchev–Trinajstić information content (AvgIpc) is 2.44. The Balaban J connectivity index is 2.44. The number of carbonyl (C=O) groups excluding carboxylic acids is 1. The van der Waals surface area contributed by atoms with Crippen LogP contribution in [-0.2, 0) is 0 Å². The van der Waals surface area contributed by atoms with Crippen LogP contribution in [0.5, 0.6) is 0 Å². The molecule has 2 rings (SSSR count). The SMILES string of the molecule is NC(=O)Nn1cc2ccccc2c1. The Hall–Kier alpha value is -1.97. The van der Waals surface area contributed by atoms with E-state index in [4.69, 9.17) is 5.73 Å². The van der Waals surface area contributed by atoms with Crippen LogP contribution in [0.25, 0.3) is 10.8 Å². The maximum Gasteiger partial charge on any atom is 0.331 e. The van der Waals surface area contributed by atoms with Crippen molar-refractivity contribution in [3.05, 3.63) is 36.7 Å². The maximum absolute atomic E-state index is 10.5. The van der Waals surface area contributed by atoms with Gasteiger partial charge in [-0.2, -0.15) is 0 Å². The van der Waals surface area contributed by atoms with Gasteiger partial charge in [-0.05, 0) is 0 Å². The minimum Gasteiger partial charge on any atom is -0.350 e. The highest BCUT2D eigenvalue weighted by atomic mass is 16.2. The van der Waals surface area contributed by atoms with Crippen LogP contribution in [0.15, 0.2) is 36.7 Å². The van der Waals surface area contributed by atoms with E-state index in [2.05, 4.69) is 5.43 Å². The highest BCUT2D eigenvalue weighted by Crippen LogP contribution is 2.12. The molecular formula is C9H9N3O. The van der Waals surface area contributed by atoms with Crippen LogP contribution < -0.4 is 11.2 Å². The molecule has 0 saturated heterocycles. The summed E-state index contributed by atoms with van der Waals surface area (Å²) in [5, 5.41) is 2.13. The third-order valence-corrected chi connectivity index (χ3v) is 1.79. The summed E-state index contributed by atoms with van der Waals surface area (Å²) < 4.78 is 1.55. The molecule has 2 aromatic rings. The van der Waals surface area contributed by atoms with Crippen molar-refractivity contribution in [3.63, 3.8) is 0 Å². The molecule has 0 bridgehead atoms. The van der Waals surface area contributed by atoms with Crippen LogP contribution in [0.1, 0.15) is 0 Å². The van der Waals surface area contributed by atoms with Gasteiger partial charge in [0.15, 0.2) is 0 Å². The molecule has 13 heavy (non-hydrogen) atoms. The number of nitrogens with one attached hydrogen (secondary N) is 1. The lowest BCUT2D eigenvalue weighted by Crippen LogP contribution is -2.26. The quantitative estimate of drug-likeness (QED) is 0.673. The molecule has 0 unspecified atom stereocenters. The number of nitrogens with zero attached hydrogens (tertiary/aromatic N) is 1. The first kappa shape index (κ1) is 7.67. The lowest BCUT2D eigenvalue weighted by molar-refractivity contribution is 0.257. The summed E-state index contributed by atoms with van der Waals surface area (Å²) in [4.78, 5) is 10.5. The summed E-state index contributed by atoms with van der Waals surface area (Å²) in [5.74, 6) is 0. The first-order valence-electron chi connectivity index (χ1n) is 3.89. The second-order valence-electron chi connectivity index (χ2n) is 2.77. The second kappa shape index (κ2) is 2.82. The molecule has 2 amide bonds. The van der Waals surface area contributed by atoms with Crippen LogP contribution >= 0.6 is 0 Å². The van der Waals surface area contributed by atoms with Gasteiger partial charge in [-0.25, -0.2) is 10.2 Å². The summed E-state index contributed by atoms with van der Waals surface area (Å²) >= 11 is 0. The van der Waals surface area contributed by atoms with Crippen molar-refractivity contribution in [1.29, 1.82) is 0 Å². The summed E-state index contributed by atoms with van der Waals surface area (Å²) in [6.07, 6.45) is 3.61. The van der Waals surface area contributed by atoms with Gasteiger partial charge in [0, 0.05) is 23.2 Å². The fourth-order valence-electron chi connectivity index (χ4n) is 1.27. The largest absolute Gasteiger partial charge is 0.350 e. The highest BCUT2D eigenvalue weighted by molar-refractivity contribution is 5.85.